The second-order valence-corrected chi connectivity index (χ2v) is 7.62. The summed E-state index contributed by atoms with van der Waals surface area (Å²) in [5, 5.41) is 0. The topological polar surface area (TPSA) is 36.9 Å². The third kappa shape index (κ3) is 3.70. The lowest BCUT2D eigenvalue weighted by Gasteiger charge is -2.44. The van der Waals surface area contributed by atoms with Crippen LogP contribution in [0.1, 0.15) is 56.9 Å². The lowest BCUT2D eigenvalue weighted by atomic mass is 9.68. The van der Waals surface area contributed by atoms with Gasteiger partial charge in [0.1, 0.15) is 0 Å². The molecule has 2 fully saturated rings. The van der Waals surface area contributed by atoms with Gasteiger partial charge in [-0.05, 0) is 56.2 Å². The van der Waals surface area contributed by atoms with Crippen LogP contribution in [0, 0.1) is 0 Å². The molecule has 26 heavy (non-hydrogen) atoms. The van der Waals surface area contributed by atoms with Crippen molar-refractivity contribution in [2.45, 2.75) is 68.7 Å². The summed E-state index contributed by atoms with van der Waals surface area (Å²) in [6.07, 6.45) is 7.51. The molecule has 0 unspecified atom stereocenters. The van der Waals surface area contributed by atoms with Gasteiger partial charge >= 0.3 is 0 Å². The van der Waals surface area contributed by atoms with E-state index >= 15 is 0 Å². The first-order valence-corrected chi connectivity index (χ1v) is 9.62. The van der Waals surface area contributed by atoms with E-state index < -0.39 is 17.9 Å². The van der Waals surface area contributed by atoms with Crippen molar-refractivity contribution in [1.82, 2.24) is 0 Å². The van der Waals surface area contributed by atoms with E-state index in [1.54, 1.807) is 21.3 Å². The highest BCUT2D eigenvalue weighted by atomic mass is 19.1. The van der Waals surface area contributed by atoms with E-state index in [2.05, 4.69) is 0 Å². The molecule has 1 aromatic carbocycles. The van der Waals surface area contributed by atoms with E-state index in [9.17, 15) is 4.39 Å². The van der Waals surface area contributed by atoms with Gasteiger partial charge in [-0.25, -0.2) is 0 Å². The van der Waals surface area contributed by atoms with Gasteiger partial charge in [0, 0.05) is 32.5 Å². The summed E-state index contributed by atoms with van der Waals surface area (Å²) >= 11 is 0. The first kappa shape index (κ1) is 19.4. The third-order valence-electron chi connectivity index (χ3n) is 6.34. The van der Waals surface area contributed by atoms with Crippen LogP contribution in [0.5, 0.6) is 11.5 Å². The van der Waals surface area contributed by atoms with Crippen LogP contribution in [0.4, 0.5) is 4.39 Å². The molecule has 0 amide bonds. The Morgan fingerprint density at radius 1 is 0.962 bits per heavy atom. The number of alkyl halides is 1. The summed E-state index contributed by atoms with van der Waals surface area (Å²) < 4.78 is 37.0. The molecule has 2 aliphatic carbocycles. The average Bonchev–Trinajstić information content (AvgIpc) is 3.21. The fraction of sp³-hybridized carbons (Fsp3) is 0.714. The van der Waals surface area contributed by atoms with Gasteiger partial charge in [0.2, 0.25) is 0 Å². The third-order valence-corrected chi connectivity index (χ3v) is 6.34. The van der Waals surface area contributed by atoms with Crippen molar-refractivity contribution in [3.05, 3.63) is 23.8 Å². The van der Waals surface area contributed by atoms with Crippen molar-refractivity contribution >= 4 is 0 Å². The van der Waals surface area contributed by atoms with E-state index in [0.717, 1.165) is 24.2 Å². The van der Waals surface area contributed by atoms with Crippen LogP contribution in [0.3, 0.4) is 0 Å². The van der Waals surface area contributed by atoms with E-state index in [1.807, 2.05) is 18.2 Å². The van der Waals surface area contributed by atoms with Gasteiger partial charge in [0.25, 0.3) is 0 Å². The van der Waals surface area contributed by atoms with Crippen LogP contribution in [0.2, 0.25) is 0 Å². The summed E-state index contributed by atoms with van der Waals surface area (Å²) in [5.74, 6) is 0.863. The maximum Gasteiger partial charge on any atom is 0.167 e. The minimum absolute atomic E-state index is 0.237. The monoisotopic (exact) mass is 366 g/mol. The molecule has 1 aromatic rings. The second kappa shape index (κ2) is 8.13. The van der Waals surface area contributed by atoms with Gasteiger partial charge in [-0.15, -0.1) is 0 Å². The number of ether oxygens (including phenoxy) is 4. The molecule has 0 aliphatic heterocycles. The molecule has 0 heterocycles. The average molecular weight is 366 g/mol. The number of halogens is 1. The summed E-state index contributed by atoms with van der Waals surface area (Å²) in [6, 6.07) is 5.88. The SMILES string of the molecule is COc1ccc(C2(CF)CCC(OC)(OC)CC2)cc1OC1CCCC1. The summed E-state index contributed by atoms with van der Waals surface area (Å²) in [7, 11) is 4.97. The van der Waals surface area contributed by atoms with Crippen molar-refractivity contribution in [1.29, 1.82) is 0 Å². The van der Waals surface area contributed by atoms with Crippen LogP contribution < -0.4 is 9.47 Å². The number of benzene rings is 1. The molecule has 0 bridgehead atoms. The largest absolute Gasteiger partial charge is 0.493 e. The van der Waals surface area contributed by atoms with Crippen molar-refractivity contribution in [2.24, 2.45) is 0 Å². The van der Waals surface area contributed by atoms with Crippen molar-refractivity contribution in [2.75, 3.05) is 28.0 Å². The Balaban J connectivity index is 1.84. The fourth-order valence-corrected chi connectivity index (χ4v) is 4.38. The van der Waals surface area contributed by atoms with E-state index in [4.69, 9.17) is 18.9 Å². The Labute approximate surface area is 156 Å². The normalized spacial score (nSPS) is 22.3. The molecule has 0 atom stereocenters. The maximum absolute atomic E-state index is 14.2. The van der Waals surface area contributed by atoms with Gasteiger partial charge < -0.3 is 18.9 Å². The lowest BCUT2D eigenvalue weighted by Crippen LogP contribution is -2.44. The Morgan fingerprint density at radius 3 is 2.15 bits per heavy atom. The highest BCUT2D eigenvalue weighted by Crippen LogP contribution is 2.47. The van der Waals surface area contributed by atoms with Gasteiger partial charge in [-0.2, -0.15) is 0 Å². The predicted molar refractivity (Wildman–Crippen MR) is 98.7 cm³/mol. The minimum atomic E-state index is -0.589. The second-order valence-electron chi connectivity index (χ2n) is 7.62. The number of hydrogen-bond donors (Lipinski definition) is 0. The zero-order chi connectivity index (χ0) is 18.6. The Hall–Kier alpha value is -1.33. The molecule has 3 rings (SSSR count). The lowest BCUT2D eigenvalue weighted by molar-refractivity contribution is -0.230. The Kier molecular flexibility index (Phi) is 6.08. The highest BCUT2D eigenvalue weighted by Gasteiger charge is 2.44. The van der Waals surface area contributed by atoms with Crippen molar-refractivity contribution in [3.8, 4) is 11.5 Å². The molecule has 2 saturated carbocycles. The molecule has 0 saturated heterocycles. The smallest absolute Gasteiger partial charge is 0.167 e. The fourth-order valence-electron chi connectivity index (χ4n) is 4.38. The minimum Gasteiger partial charge on any atom is -0.493 e. The van der Waals surface area contributed by atoms with E-state index in [0.29, 0.717) is 31.4 Å². The first-order chi connectivity index (χ1) is 12.6. The Morgan fingerprint density at radius 2 is 1.62 bits per heavy atom. The van der Waals surface area contributed by atoms with Crippen molar-refractivity contribution in [3.63, 3.8) is 0 Å². The number of rotatable bonds is 7. The summed E-state index contributed by atoms with van der Waals surface area (Å²) in [4.78, 5) is 0. The van der Waals surface area contributed by atoms with Gasteiger partial charge in [-0.1, -0.05) is 6.07 Å². The van der Waals surface area contributed by atoms with Gasteiger partial charge in [0.15, 0.2) is 17.3 Å². The van der Waals surface area contributed by atoms with Crippen LogP contribution in [-0.2, 0) is 14.9 Å². The molecule has 0 spiro atoms. The van der Waals surface area contributed by atoms with Crippen LogP contribution >= 0.6 is 0 Å². The molecule has 146 valence electrons. The predicted octanol–water partition coefficient (Wildman–Crippen LogP) is 4.79. The standard InChI is InChI=1S/C21H31FO4/c1-23-18-9-8-16(14-19(18)26-17-6-4-5-7-17)20(15-22)10-12-21(24-2,25-3)13-11-20/h8-9,14,17H,4-7,10-13,15H2,1-3H3. The van der Waals surface area contributed by atoms with Crippen LogP contribution in [0.15, 0.2) is 18.2 Å². The Bertz CT molecular complexity index is 584. The van der Waals surface area contributed by atoms with Gasteiger partial charge in [0.05, 0.1) is 19.9 Å². The van der Waals surface area contributed by atoms with Crippen molar-refractivity contribution < 1.29 is 23.3 Å². The summed E-state index contributed by atoms with van der Waals surface area (Å²) in [6.45, 7) is -0.397. The number of methoxy groups -OCH3 is 3. The molecule has 4 nitrogen and oxygen atoms in total. The van der Waals surface area contributed by atoms with Crippen LogP contribution in [-0.4, -0.2) is 39.9 Å². The van der Waals surface area contributed by atoms with E-state index in [-0.39, 0.29) is 6.10 Å². The quantitative estimate of drug-likeness (QED) is 0.651. The summed E-state index contributed by atoms with van der Waals surface area (Å²) in [5.41, 5.74) is 0.468. The molecule has 2 aliphatic rings. The zero-order valence-electron chi connectivity index (χ0n) is 16.2. The number of hydrogen-bond acceptors (Lipinski definition) is 4. The van der Waals surface area contributed by atoms with E-state index in [1.165, 1.54) is 12.8 Å². The first-order valence-electron chi connectivity index (χ1n) is 9.62. The zero-order valence-corrected chi connectivity index (χ0v) is 16.2. The molecule has 0 N–H and O–H groups in total. The molecule has 5 heteroatoms. The van der Waals surface area contributed by atoms with Crippen LogP contribution in [0.25, 0.3) is 0 Å². The molecular weight excluding hydrogens is 335 g/mol. The molecule has 0 radical (unpaired) electrons. The maximum atomic E-state index is 14.2. The molecular formula is C21H31FO4. The van der Waals surface area contributed by atoms with Gasteiger partial charge in [-0.3, -0.25) is 4.39 Å². The molecule has 0 aromatic heterocycles. The highest BCUT2D eigenvalue weighted by molar-refractivity contribution is 5.46.